The molecule has 0 spiro atoms. The molecule has 2 saturated heterocycles. The van der Waals surface area contributed by atoms with E-state index in [1.54, 1.807) is 9.80 Å². The number of carbonyl (C=O) groups excluding carboxylic acids is 6. The Hall–Kier alpha value is -3.48. The number of allylic oxidation sites excluding steroid dienone is 1. The predicted octanol–water partition coefficient (Wildman–Crippen LogP) is 1.41. The lowest BCUT2D eigenvalue weighted by Crippen LogP contribution is -2.58. The van der Waals surface area contributed by atoms with Gasteiger partial charge in [0.25, 0.3) is 11.8 Å². The number of esters is 1. The smallest absolute Gasteiger partial charge is 0.407 e. The van der Waals surface area contributed by atoms with E-state index >= 15 is 0 Å². The van der Waals surface area contributed by atoms with Crippen LogP contribution in [0.5, 0.6) is 0 Å². The summed E-state index contributed by atoms with van der Waals surface area (Å²) in [5.74, 6) is -1.14. The van der Waals surface area contributed by atoms with Gasteiger partial charge in [-0.3, -0.25) is 24.1 Å². The molecule has 228 valence electrons. The number of hydroxylamine groups is 2. The molecule has 4 amide bonds. The van der Waals surface area contributed by atoms with Crippen molar-refractivity contribution in [3.63, 3.8) is 0 Å². The van der Waals surface area contributed by atoms with E-state index in [-0.39, 0.29) is 58.0 Å². The Bertz CT molecular complexity index is 987. The maximum Gasteiger partial charge on any atom is 0.407 e. The third kappa shape index (κ3) is 9.55. The van der Waals surface area contributed by atoms with Gasteiger partial charge in [-0.25, -0.2) is 9.59 Å². The summed E-state index contributed by atoms with van der Waals surface area (Å²) in [5.41, 5.74) is 0. The minimum Gasteiger partial charge on any atom is -0.464 e. The lowest BCUT2D eigenvalue weighted by Gasteiger charge is -2.40. The molecule has 2 aliphatic heterocycles. The average molecular weight is 579 g/mol. The van der Waals surface area contributed by atoms with Crippen molar-refractivity contribution in [3.05, 3.63) is 12.7 Å². The van der Waals surface area contributed by atoms with E-state index < -0.39 is 35.9 Å². The number of alkyl carbamates (subject to hydrolysis) is 1. The molecule has 1 unspecified atom stereocenters. The minimum atomic E-state index is -0.803. The van der Waals surface area contributed by atoms with E-state index in [4.69, 9.17) is 14.3 Å². The van der Waals surface area contributed by atoms with E-state index in [9.17, 15) is 28.8 Å². The van der Waals surface area contributed by atoms with E-state index in [0.29, 0.717) is 36.0 Å². The Morgan fingerprint density at radius 1 is 1.00 bits per heavy atom. The molecule has 3 rings (SSSR count). The third-order valence-electron chi connectivity index (χ3n) is 7.82. The summed E-state index contributed by atoms with van der Waals surface area (Å²) >= 11 is 0. The first-order valence-electron chi connectivity index (χ1n) is 14.4. The molecule has 1 saturated carbocycles. The monoisotopic (exact) mass is 578 g/mol. The first kappa shape index (κ1) is 32.0. The molecule has 3 aliphatic rings. The van der Waals surface area contributed by atoms with Gasteiger partial charge in [-0.1, -0.05) is 25.8 Å². The van der Waals surface area contributed by atoms with Gasteiger partial charge in [0.15, 0.2) is 0 Å². The molecule has 3 fully saturated rings. The SMILES string of the molecule is C=CCC[C@H]1[C@@H](CCC)[C@H]1COC(=O)NCCC(=O)N1CCN(CC(=O)ON2C(=O)CCC2=O)C(COC(C)=O)C1. The molecule has 1 aliphatic carbocycles. The van der Waals surface area contributed by atoms with Gasteiger partial charge in [-0.2, -0.15) is 0 Å². The second-order valence-corrected chi connectivity index (χ2v) is 10.7. The van der Waals surface area contributed by atoms with E-state index in [0.717, 1.165) is 25.7 Å². The van der Waals surface area contributed by atoms with Crippen molar-refractivity contribution in [2.24, 2.45) is 17.8 Å². The highest BCUT2D eigenvalue weighted by Crippen LogP contribution is 2.52. The number of hydrogen-bond donors (Lipinski definition) is 1. The van der Waals surface area contributed by atoms with Gasteiger partial charge in [0.1, 0.15) is 6.61 Å². The molecule has 1 N–H and O–H groups in total. The van der Waals surface area contributed by atoms with Crippen LogP contribution in [0.4, 0.5) is 4.79 Å². The largest absolute Gasteiger partial charge is 0.464 e. The molecule has 0 bridgehead atoms. The first-order chi connectivity index (χ1) is 19.6. The topological polar surface area (TPSA) is 152 Å². The normalized spacial score (nSPS) is 24.1. The number of nitrogens with one attached hydrogen (secondary N) is 1. The third-order valence-corrected chi connectivity index (χ3v) is 7.82. The van der Waals surface area contributed by atoms with Gasteiger partial charge in [-0.05, 0) is 30.6 Å². The van der Waals surface area contributed by atoms with Crippen molar-refractivity contribution >= 4 is 35.8 Å². The van der Waals surface area contributed by atoms with Crippen molar-refractivity contribution in [1.82, 2.24) is 20.2 Å². The number of piperazine rings is 1. The summed E-state index contributed by atoms with van der Waals surface area (Å²) in [6.07, 6.45) is 5.64. The highest BCUT2D eigenvalue weighted by molar-refractivity contribution is 6.01. The Kier molecular flexibility index (Phi) is 12.1. The molecule has 13 heteroatoms. The highest BCUT2D eigenvalue weighted by Gasteiger charge is 2.48. The number of hydrogen-bond acceptors (Lipinski definition) is 10. The van der Waals surface area contributed by atoms with Crippen LogP contribution in [0.2, 0.25) is 0 Å². The van der Waals surface area contributed by atoms with Gasteiger partial charge < -0.3 is 24.5 Å². The van der Waals surface area contributed by atoms with Gasteiger partial charge in [-0.15, -0.1) is 11.6 Å². The zero-order valence-electron chi connectivity index (χ0n) is 24.0. The van der Waals surface area contributed by atoms with Crippen LogP contribution in [0.1, 0.15) is 58.8 Å². The lowest BCUT2D eigenvalue weighted by atomic mass is 10.1. The van der Waals surface area contributed by atoms with Gasteiger partial charge in [0.05, 0.1) is 19.2 Å². The number of amides is 4. The van der Waals surface area contributed by atoms with Crippen LogP contribution in [0.25, 0.3) is 0 Å². The van der Waals surface area contributed by atoms with Crippen molar-refractivity contribution in [2.75, 3.05) is 45.9 Å². The van der Waals surface area contributed by atoms with Crippen molar-refractivity contribution in [3.8, 4) is 0 Å². The number of nitrogens with zero attached hydrogens (tertiary/aromatic N) is 3. The fourth-order valence-electron chi connectivity index (χ4n) is 5.58. The van der Waals surface area contributed by atoms with Gasteiger partial charge >= 0.3 is 18.0 Å². The van der Waals surface area contributed by atoms with Crippen LogP contribution in [0, 0.1) is 17.8 Å². The molecule has 0 aromatic heterocycles. The summed E-state index contributed by atoms with van der Waals surface area (Å²) in [6, 6.07) is -0.504. The maximum atomic E-state index is 12.9. The second kappa shape index (κ2) is 15.5. The maximum absolute atomic E-state index is 12.9. The van der Waals surface area contributed by atoms with Crippen LogP contribution >= 0.6 is 0 Å². The molecule has 4 atom stereocenters. The van der Waals surface area contributed by atoms with Crippen molar-refractivity contribution in [1.29, 1.82) is 0 Å². The highest BCUT2D eigenvalue weighted by atomic mass is 16.7. The summed E-state index contributed by atoms with van der Waals surface area (Å²) in [4.78, 5) is 80.6. The lowest BCUT2D eigenvalue weighted by molar-refractivity contribution is -0.199. The van der Waals surface area contributed by atoms with Crippen LogP contribution in [-0.2, 0) is 38.3 Å². The Morgan fingerprint density at radius 2 is 1.71 bits per heavy atom. The number of carbonyl (C=O) groups is 6. The fourth-order valence-corrected chi connectivity index (χ4v) is 5.58. The minimum absolute atomic E-state index is 0.00887. The Morgan fingerprint density at radius 3 is 2.37 bits per heavy atom. The summed E-state index contributed by atoms with van der Waals surface area (Å²) in [7, 11) is 0. The fraction of sp³-hybridized carbons (Fsp3) is 0.714. The summed E-state index contributed by atoms with van der Waals surface area (Å²) in [6.45, 7) is 8.10. The summed E-state index contributed by atoms with van der Waals surface area (Å²) in [5, 5.41) is 3.13. The van der Waals surface area contributed by atoms with E-state index in [2.05, 4.69) is 18.8 Å². The van der Waals surface area contributed by atoms with E-state index in [1.807, 2.05) is 6.08 Å². The second-order valence-electron chi connectivity index (χ2n) is 10.7. The molecule has 0 aromatic carbocycles. The van der Waals surface area contributed by atoms with E-state index in [1.165, 1.54) is 6.92 Å². The van der Waals surface area contributed by atoms with Crippen molar-refractivity contribution in [2.45, 2.75) is 64.8 Å². The first-order valence-corrected chi connectivity index (χ1v) is 14.4. The Labute approximate surface area is 240 Å². The zero-order chi connectivity index (χ0) is 29.9. The van der Waals surface area contributed by atoms with Crippen LogP contribution in [0.15, 0.2) is 12.7 Å². The molecular formula is C28H42N4O9. The van der Waals surface area contributed by atoms with Crippen LogP contribution < -0.4 is 5.32 Å². The molecule has 0 aromatic rings. The van der Waals surface area contributed by atoms with Crippen LogP contribution in [-0.4, -0.2) is 103 Å². The number of rotatable bonds is 15. The predicted molar refractivity (Wildman–Crippen MR) is 145 cm³/mol. The van der Waals surface area contributed by atoms with Crippen LogP contribution in [0.3, 0.4) is 0 Å². The summed E-state index contributed by atoms with van der Waals surface area (Å²) < 4.78 is 10.6. The molecule has 13 nitrogen and oxygen atoms in total. The number of imide groups is 1. The number of ether oxygens (including phenoxy) is 2. The average Bonchev–Trinajstić information content (AvgIpc) is 3.51. The molecule has 2 heterocycles. The zero-order valence-corrected chi connectivity index (χ0v) is 24.0. The van der Waals surface area contributed by atoms with Gasteiger partial charge in [0.2, 0.25) is 5.91 Å². The standard InChI is InChI=1S/C28H42N4O9/c1-4-6-8-22-21(7-5-2)23(22)18-40-28(38)29-12-11-24(34)31-14-13-30(20(15-31)17-39-19(3)33)16-27(37)41-32-25(35)9-10-26(32)36/h4,20-23H,1,5-18H2,2-3H3,(H,29,38)/t20?,21-,22+,23-/m1/s1. The molecule has 0 radical (unpaired) electrons. The quantitative estimate of drug-likeness (QED) is 0.172. The van der Waals surface area contributed by atoms with Gasteiger partial charge in [0, 0.05) is 52.4 Å². The van der Waals surface area contributed by atoms with Crippen molar-refractivity contribution < 1.29 is 43.1 Å². The molecule has 41 heavy (non-hydrogen) atoms. The Balaban J connectivity index is 1.41. The molecular weight excluding hydrogens is 536 g/mol.